The number of rotatable bonds is 3. The molecule has 4 heteroatoms. The van der Waals surface area contributed by atoms with Crippen molar-refractivity contribution in [3.05, 3.63) is 30.2 Å². The van der Waals surface area contributed by atoms with Crippen molar-refractivity contribution >= 4 is 5.65 Å². The number of aromatic hydroxyl groups is 1. The van der Waals surface area contributed by atoms with Crippen LogP contribution in [0, 0.1) is 0 Å². The molecule has 1 aliphatic rings. The van der Waals surface area contributed by atoms with E-state index in [1.807, 2.05) is 22.9 Å². The van der Waals surface area contributed by atoms with Gasteiger partial charge in [0.25, 0.3) is 0 Å². The predicted octanol–water partition coefficient (Wildman–Crippen LogP) is 1.68. The highest BCUT2D eigenvalue weighted by Gasteiger charge is 2.12. The zero-order valence-corrected chi connectivity index (χ0v) is 9.84. The summed E-state index contributed by atoms with van der Waals surface area (Å²) in [5.74, 6) is 0.250. The van der Waals surface area contributed by atoms with Crippen molar-refractivity contribution in [1.82, 2.24) is 14.3 Å². The summed E-state index contributed by atoms with van der Waals surface area (Å²) in [4.78, 5) is 6.94. The molecule has 0 atom stereocenters. The molecule has 1 N–H and O–H groups in total. The summed E-state index contributed by atoms with van der Waals surface area (Å²) in [6, 6.07) is 3.50. The first-order valence-corrected chi connectivity index (χ1v) is 6.21. The molecule has 3 heterocycles. The average molecular weight is 231 g/mol. The lowest BCUT2D eigenvalue weighted by molar-refractivity contribution is 0.342. The van der Waals surface area contributed by atoms with Crippen LogP contribution in [0.15, 0.2) is 24.5 Å². The molecule has 2 aromatic heterocycles. The molecule has 3 rings (SSSR count). The molecule has 17 heavy (non-hydrogen) atoms. The highest BCUT2D eigenvalue weighted by Crippen LogP contribution is 2.17. The van der Waals surface area contributed by atoms with E-state index in [1.165, 1.54) is 25.9 Å². The van der Waals surface area contributed by atoms with Gasteiger partial charge in [-0.25, -0.2) is 4.98 Å². The number of hydrogen-bond donors (Lipinski definition) is 1. The van der Waals surface area contributed by atoms with Crippen LogP contribution < -0.4 is 0 Å². The van der Waals surface area contributed by atoms with Gasteiger partial charge in [0.05, 0.1) is 5.69 Å². The fraction of sp³-hybridized carbons (Fsp3) is 0.462. The molecule has 90 valence electrons. The minimum Gasteiger partial charge on any atom is -0.504 e. The first kappa shape index (κ1) is 10.6. The lowest BCUT2D eigenvalue weighted by Crippen LogP contribution is -2.21. The van der Waals surface area contributed by atoms with Gasteiger partial charge >= 0.3 is 0 Å². The Morgan fingerprint density at radius 1 is 1.29 bits per heavy atom. The Morgan fingerprint density at radius 3 is 2.88 bits per heavy atom. The zero-order valence-electron chi connectivity index (χ0n) is 9.84. The normalized spacial score (nSPS) is 16.9. The number of fused-ring (bicyclic) bond motifs is 1. The van der Waals surface area contributed by atoms with Crippen molar-refractivity contribution in [1.29, 1.82) is 0 Å². The lowest BCUT2D eigenvalue weighted by Gasteiger charge is -2.12. The molecule has 1 fully saturated rings. The maximum atomic E-state index is 9.67. The van der Waals surface area contributed by atoms with E-state index in [2.05, 4.69) is 9.88 Å². The van der Waals surface area contributed by atoms with Gasteiger partial charge < -0.3 is 14.4 Å². The number of nitrogens with zero attached hydrogens (tertiary/aromatic N) is 3. The molecule has 0 spiro atoms. The first-order chi connectivity index (χ1) is 8.33. The van der Waals surface area contributed by atoms with Gasteiger partial charge in [0.1, 0.15) is 0 Å². The first-order valence-electron chi connectivity index (χ1n) is 6.21. The average Bonchev–Trinajstić information content (AvgIpc) is 2.95. The van der Waals surface area contributed by atoms with Crippen LogP contribution in [0.5, 0.6) is 5.75 Å². The molecule has 4 nitrogen and oxygen atoms in total. The van der Waals surface area contributed by atoms with Gasteiger partial charge in [0.15, 0.2) is 11.4 Å². The van der Waals surface area contributed by atoms with Gasteiger partial charge in [-0.05, 0) is 38.1 Å². The summed E-state index contributed by atoms with van der Waals surface area (Å²) in [5.41, 5.74) is 1.71. The van der Waals surface area contributed by atoms with Crippen molar-refractivity contribution in [2.45, 2.75) is 19.3 Å². The van der Waals surface area contributed by atoms with Crippen LogP contribution in [0.1, 0.15) is 18.5 Å². The second kappa shape index (κ2) is 4.37. The topological polar surface area (TPSA) is 40.8 Å². The minimum atomic E-state index is 0.250. The molecule has 0 radical (unpaired) electrons. The van der Waals surface area contributed by atoms with Crippen LogP contribution in [0.3, 0.4) is 0 Å². The van der Waals surface area contributed by atoms with Crippen LogP contribution >= 0.6 is 0 Å². The summed E-state index contributed by atoms with van der Waals surface area (Å²) >= 11 is 0. The highest BCUT2D eigenvalue weighted by atomic mass is 16.3. The van der Waals surface area contributed by atoms with E-state index in [4.69, 9.17) is 0 Å². The monoisotopic (exact) mass is 231 g/mol. The van der Waals surface area contributed by atoms with Crippen LogP contribution in [0.25, 0.3) is 5.65 Å². The summed E-state index contributed by atoms with van der Waals surface area (Å²) in [6.45, 7) is 3.52. The van der Waals surface area contributed by atoms with Gasteiger partial charge in [-0.3, -0.25) is 0 Å². The quantitative estimate of drug-likeness (QED) is 0.873. The number of imidazole rings is 1. The Balaban J connectivity index is 1.74. The molecule has 0 bridgehead atoms. The van der Waals surface area contributed by atoms with Gasteiger partial charge in [-0.1, -0.05) is 0 Å². The van der Waals surface area contributed by atoms with Crippen LogP contribution in [-0.2, 0) is 6.42 Å². The molecular formula is C13H17N3O. The Kier molecular flexibility index (Phi) is 2.73. The van der Waals surface area contributed by atoms with Crippen molar-refractivity contribution in [3.63, 3.8) is 0 Å². The van der Waals surface area contributed by atoms with E-state index in [0.717, 1.165) is 18.7 Å². The summed E-state index contributed by atoms with van der Waals surface area (Å²) in [5, 5.41) is 9.67. The molecule has 0 amide bonds. The molecule has 0 aliphatic carbocycles. The van der Waals surface area contributed by atoms with Gasteiger partial charge in [0.2, 0.25) is 0 Å². The standard InChI is InChI=1S/C13H17N3O/c17-12-4-3-8-16-10-11(14-13(12)16)5-9-15-6-1-2-7-15/h3-4,8,10,17H,1-2,5-7,9H2. The number of likely N-dealkylation sites (tertiary alicyclic amines) is 1. The third-order valence-electron chi connectivity index (χ3n) is 3.39. The number of pyridine rings is 1. The second-order valence-electron chi connectivity index (χ2n) is 4.66. The van der Waals surface area contributed by atoms with Gasteiger partial charge in [-0.2, -0.15) is 0 Å². The minimum absolute atomic E-state index is 0.250. The predicted molar refractivity (Wildman–Crippen MR) is 66.2 cm³/mol. The Hall–Kier alpha value is -1.55. The van der Waals surface area contributed by atoms with E-state index in [1.54, 1.807) is 6.07 Å². The third kappa shape index (κ3) is 2.13. The van der Waals surface area contributed by atoms with E-state index in [9.17, 15) is 5.11 Å². The Bertz CT molecular complexity index is 514. The number of hydrogen-bond acceptors (Lipinski definition) is 3. The van der Waals surface area contributed by atoms with Crippen molar-refractivity contribution < 1.29 is 5.11 Å². The molecule has 0 aromatic carbocycles. The van der Waals surface area contributed by atoms with Gasteiger partial charge in [0, 0.05) is 25.4 Å². The molecule has 1 saturated heterocycles. The summed E-state index contributed by atoms with van der Waals surface area (Å²) in [7, 11) is 0. The SMILES string of the molecule is Oc1cccn2cc(CCN3CCCC3)nc12. The number of aromatic nitrogens is 2. The lowest BCUT2D eigenvalue weighted by atomic mass is 10.3. The zero-order chi connectivity index (χ0) is 11.7. The summed E-state index contributed by atoms with van der Waals surface area (Å²) < 4.78 is 1.88. The van der Waals surface area contributed by atoms with Crippen molar-refractivity contribution in [3.8, 4) is 5.75 Å². The third-order valence-corrected chi connectivity index (χ3v) is 3.39. The maximum Gasteiger partial charge on any atom is 0.179 e. The smallest absolute Gasteiger partial charge is 0.179 e. The van der Waals surface area contributed by atoms with E-state index in [0.29, 0.717) is 5.65 Å². The molecule has 0 unspecified atom stereocenters. The molecule has 2 aromatic rings. The van der Waals surface area contributed by atoms with E-state index >= 15 is 0 Å². The second-order valence-corrected chi connectivity index (χ2v) is 4.66. The molecular weight excluding hydrogens is 214 g/mol. The molecule has 1 aliphatic heterocycles. The summed E-state index contributed by atoms with van der Waals surface area (Å²) in [6.07, 6.45) is 7.53. The maximum absolute atomic E-state index is 9.67. The van der Waals surface area contributed by atoms with E-state index in [-0.39, 0.29) is 5.75 Å². The highest BCUT2D eigenvalue weighted by molar-refractivity contribution is 5.53. The fourth-order valence-electron chi connectivity index (χ4n) is 2.45. The van der Waals surface area contributed by atoms with Crippen molar-refractivity contribution in [2.75, 3.05) is 19.6 Å². The largest absolute Gasteiger partial charge is 0.504 e. The fourth-order valence-corrected chi connectivity index (χ4v) is 2.45. The van der Waals surface area contributed by atoms with Crippen LogP contribution in [0.4, 0.5) is 0 Å². The van der Waals surface area contributed by atoms with E-state index < -0.39 is 0 Å². The van der Waals surface area contributed by atoms with Crippen molar-refractivity contribution in [2.24, 2.45) is 0 Å². The Morgan fingerprint density at radius 2 is 2.12 bits per heavy atom. The van der Waals surface area contributed by atoms with Crippen LogP contribution in [-0.4, -0.2) is 39.0 Å². The molecule has 0 saturated carbocycles. The van der Waals surface area contributed by atoms with Gasteiger partial charge in [-0.15, -0.1) is 0 Å². The van der Waals surface area contributed by atoms with Crippen LogP contribution in [0.2, 0.25) is 0 Å². The Labute approximate surface area is 101 Å².